The van der Waals surface area contributed by atoms with Crippen molar-refractivity contribution >= 4 is 0 Å². The molecule has 0 radical (unpaired) electrons. The summed E-state index contributed by atoms with van der Waals surface area (Å²) >= 11 is 0. The maximum Gasteiger partial charge on any atom is 0.233 e. The summed E-state index contributed by atoms with van der Waals surface area (Å²) < 4.78 is 18.8. The molecule has 1 aliphatic rings. The molecule has 0 amide bonds. The van der Waals surface area contributed by atoms with Crippen molar-refractivity contribution in [1.29, 1.82) is 0 Å². The first-order valence-corrected chi connectivity index (χ1v) is 7.46. The van der Waals surface area contributed by atoms with Crippen molar-refractivity contribution in [3.8, 4) is 11.4 Å². The zero-order valence-corrected chi connectivity index (χ0v) is 12.4. The summed E-state index contributed by atoms with van der Waals surface area (Å²) in [6.45, 7) is 5.97. The Kier molecular flexibility index (Phi) is 3.76. The van der Waals surface area contributed by atoms with Gasteiger partial charge in [-0.1, -0.05) is 12.1 Å². The Morgan fingerprint density at radius 3 is 2.76 bits per heavy atom. The lowest BCUT2D eigenvalue weighted by molar-refractivity contribution is 0.216. The number of hydrogen-bond acceptors (Lipinski definition) is 4. The van der Waals surface area contributed by atoms with Gasteiger partial charge in [0.05, 0.1) is 5.41 Å². The lowest BCUT2D eigenvalue weighted by atomic mass is 9.76. The molecule has 1 saturated heterocycles. The van der Waals surface area contributed by atoms with E-state index in [1.165, 1.54) is 12.1 Å². The van der Waals surface area contributed by atoms with Crippen LogP contribution in [-0.4, -0.2) is 23.2 Å². The molecular formula is C16H20FN3O. The lowest BCUT2D eigenvalue weighted by Gasteiger charge is -2.33. The second kappa shape index (κ2) is 5.56. The van der Waals surface area contributed by atoms with Crippen LogP contribution in [0.1, 0.15) is 37.6 Å². The predicted octanol–water partition coefficient (Wildman–Crippen LogP) is 3.22. The van der Waals surface area contributed by atoms with E-state index in [1.807, 2.05) is 6.92 Å². The van der Waals surface area contributed by atoms with Crippen LogP contribution in [-0.2, 0) is 5.41 Å². The minimum absolute atomic E-state index is 0.0234. The number of rotatable bonds is 3. The van der Waals surface area contributed by atoms with E-state index in [0.29, 0.717) is 11.7 Å². The Bertz CT molecular complexity index is 632. The summed E-state index contributed by atoms with van der Waals surface area (Å²) in [7, 11) is 0. The molecule has 1 fully saturated rings. The molecule has 1 N–H and O–H groups in total. The molecule has 0 spiro atoms. The lowest BCUT2D eigenvalue weighted by Crippen LogP contribution is -2.39. The van der Waals surface area contributed by atoms with Crippen LogP contribution in [0.3, 0.4) is 0 Å². The van der Waals surface area contributed by atoms with Gasteiger partial charge in [-0.2, -0.15) is 4.98 Å². The number of aryl methyl sites for hydroxylation is 1. The highest BCUT2D eigenvalue weighted by Gasteiger charge is 2.37. The molecule has 1 aliphatic heterocycles. The first-order valence-electron chi connectivity index (χ1n) is 7.46. The average molecular weight is 289 g/mol. The van der Waals surface area contributed by atoms with Crippen molar-refractivity contribution in [2.24, 2.45) is 0 Å². The SMILES string of the molecule is CCC1(c2nc(-c3ccc(F)cc3C)no2)CCNCC1. The summed E-state index contributed by atoms with van der Waals surface area (Å²) in [6.07, 6.45) is 3.00. The Morgan fingerprint density at radius 1 is 1.33 bits per heavy atom. The molecule has 2 aromatic rings. The van der Waals surface area contributed by atoms with E-state index in [4.69, 9.17) is 4.52 Å². The van der Waals surface area contributed by atoms with Gasteiger partial charge in [0.15, 0.2) is 0 Å². The molecule has 0 unspecified atom stereocenters. The minimum atomic E-state index is -0.247. The molecule has 1 aromatic heterocycles. The largest absolute Gasteiger partial charge is 0.338 e. The summed E-state index contributed by atoms with van der Waals surface area (Å²) in [5, 5.41) is 7.48. The maximum absolute atomic E-state index is 13.2. The van der Waals surface area contributed by atoms with Crippen LogP contribution in [0.2, 0.25) is 0 Å². The van der Waals surface area contributed by atoms with E-state index in [-0.39, 0.29) is 11.2 Å². The fourth-order valence-electron chi connectivity index (χ4n) is 3.05. The molecule has 0 aliphatic carbocycles. The van der Waals surface area contributed by atoms with Crippen LogP contribution in [0.25, 0.3) is 11.4 Å². The van der Waals surface area contributed by atoms with Crippen LogP contribution in [0, 0.1) is 12.7 Å². The van der Waals surface area contributed by atoms with E-state index in [2.05, 4.69) is 22.4 Å². The zero-order chi connectivity index (χ0) is 14.9. The minimum Gasteiger partial charge on any atom is -0.338 e. The monoisotopic (exact) mass is 289 g/mol. The first-order chi connectivity index (χ1) is 10.1. The van der Waals surface area contributed by atoms with Crippen molar-refractivity contribution in [1.82, 2.24) is 15.5 Å². The van der Waals surface area contributed by atoms with Crippen molar-refractivity contribution in [2.45, 2.75) is 38.5 Å². The van der Waals surface area contributed by atoms with E-state index >= 15 is 0 Å². The van der Waals surface area contributed by atoms with Gasteiger partial charge >= 0.3 is 0 Å². The topological polar surface area (TPSA) is 51.0 Å². The van der Waals surface area contributed by atoms with E-state index in [1.54, 1.807) is 6.07 Å². The van der Waals surface area contributed by atoms with Crippen molar-refractivity contribution in [3.63, 3.8) is 0 Å². The third-order valence-corrected chi connectivity index (χ3v) is 4.55. The molecule has 112 valence electrons. The second-order valence-electron chi connectivity index (χ2n) is 5.77. The molecule has 0 saturated carbocycles. The number of nitrogens with one attached hydrogen (secondary N) is 1. The fraction of sp³-hybridized carbons (Fsp3) is 0.500. The standard InChI is InChI=1S/C16H20FN3O/c1-3-16(6-8-18-9-7-16)15-19-14(20-21-15)13-5-4-12(17)10-11(13)2/h4-5,10,18H,3,6-9H2,1-2H3. The summed E-state index contributed by atoms with van der Waals surface area (Å²) in [4.78, 5) is 4.61. The third-order valence-electron chi connectivity index (χ3n) is 4.55. The van der Waals surface area contributed by atoms with Gasteiger partial charge in [-0.05, 0) is 63.0 Å². The number of aromatic nitrogens is 2. The average Bonchev–Trinajstić information content (AvgIpc) is 2.98. The van der Waals surface area contributed by atoms with Gasteiger partial charge in [0.1, 0.15) is 5.82 Å². The molecule has 5 heteroatoms. The normalized spacial score (nSPS) is 17.9. The molecule has 4 nitrogen and oxygen atoms in total. The highest BCUT2D eigenvalue weighted by atomic mass is 19.1. The Morgan fingerprint density at radius 2 is 2.10 bits per heavy atom. The molecule has 3 rings (SSSR count). The van der Waals surface area contributed by atoms with Crippen LogP contribution < -0.4 is 5.32 Å². The summed E-state index contributed by atoms with van der Waals surface area (Å²) in [5.41, 5.74) is 1.62. The number of halogens is 1. The Labute approximate surface area is 123 Å². The van der Waals surface area contributed by atoms with E-state index < -0.39 is 0 Å². The molecule has 0 atom stereocenters. The molecule has 2 heterocycles. The van der Waals surface area contributed by atoms with Crippen LogP contribution in [0.4, 0.5) is 4.39 Å². The van der Waals surface area contributed by atoms with Gasteiger partial charge in [-0.15, -0.1) is 0 Å². The van der Waals surface area contributed by atoms with E-state index in [9.17, 15) is 4.39 Å². The van der Waals surface area contributed by atoms with Crippen LogP contribution in [0.15, 0.2) is 22.7 Å². The highest BCUT2D eigenvalue weighted by Crippen LogP contribution is 2.36. The third kappa shape index (κ3) is 2.58. The quantitative estimate of drug-likeness (QED) is 0.942. The molecule has 0 bridgehead atoms. The van der Waals surface area contributed by atoms with Gasteiger partial charge in [0.25, 0.3) is 0 Å². The number of piperidine rings is 1. The maximum atomic E-state index is 13.2. The van der Waals surface area contributed by atoms with Gasteiger partial charge < -0.3 is 9.84 Å². The fourth-order valence-corrected chi connectivity index (χ4v) is 3.05. The Hall–Kier alpha value is -1.75. The van der Waals surface area contributed by atoms with Crippen LogP contribution >= 0.6 is 0 Å². The number of benzene rings is 1. The summed E-state index contributed by atoms with van der Waals surface area (Å²) in [6, 6.07) is 4.63. The number of nitrogens with zero attached hydrogens (tertiary/aromatic N) is 2. The molecule has 1 aromatic carbocycles. The first kappa shape index (κ1) is 14.2. The summed E-state index contributed by atoms with van der Waals surface area (Å²) in [5.74, 6) is 1.02. The smallest absolute Gasteiger partial charge is 0.233 e. The predicted molar refractivity (Wildman–Crippen MR) is 78.5 cm³/mol. The van der Waals surface area contributed by atoms with Crippen molar-refractivity contribution < 1.29 is 8.91 Å². The van der Waals surface area contributed by atoms with Crippen molar-refractivity contribution in [3.05, 3.63) is 35.5 Å². The van der Waals surface area contributed by atoms with Crippen LogP contribution in [0.5, 0.6) is 0 Å². The van der Waals surface area contributed by atoms with Gasteiger partial charge in [0, 0.05) is 5.56 Å². The highest BCUT2D eigenvalue weighted by molar-refractivity contribution is 5.59. The number of hydrogen-bond donors (Lipinski definition) is 1. The van der Waals surface area contributed by atoms with Gasteiger partial charge in [0.2, 0.25) is 11.7 Å². The molecule has 21 heavy (non-hydrogen) atoms. The van der Waals surface area contributed by atoms with Gasteiger partial charge in [-0.25, -0.2) is 4.39 Å². The zero-order valence-electron chi connectivity index (χ0n) is 12.4. The second-order valence-corrected chi connectivity index (χ2v) is 5.77. The van der Waals surface area contributed by atoms with Crippen molar-refractivity contribution in [2.75, 3.05) is 13.1 Å². The Balaban J connectivity index is 1.95. The molecular weight excluding hydrogens is 269 g/mol. The van der Waals surface area contributed by atoms with Gasteiger partial charge in [-0.3, -0.25) is 0 Å². The van der Waals surface area contributed by atoms with E-state index in [0.717, 1.165) is 43.5 Å².